The SMILES string of the molecule is CC(=O)OCC(=O)Nc1cn2nc(-c3cnc(C)c(C(=O)N[C@H](C)c4cc(OC(F)(F)F)ccc4F)c3)ccc2n1. The molecular formula is C26H22F4N6O5. The Morgan fingerprint density at radius 1 is 1.12 bits per heavy atom. The first-order chi connectivity index (χ1) is 19.3. The zero-order valence-electron chi connectivity index (χ0n) is 21.7. The number of carbonyl (C=O) groups is 3. The van der Waals surface area contributed by atoms with E-state index in [2.05, 4.69) is 35.2 Å². The van der Waals surface area contributed by atoms with Gasteiger partial charge in [-0.2, -0.15) is 5.10 Å². The van der Waals surface area contributed by atoms with E-state index in [4.69, 9.17) is 0 Å². The van der Waals surface area contributed by atoms with Crippen LogP contribution in [0.5, 0.6) is 5.75 Å². The third kappa shape index (κ3) is 7.32. The highest BCUT2D eigenvalue weighted by Crippen LogP contribution is 2.28. The molecule has 3 aromatic heterocycles. The van der Waals surface area contributed by atoms with Crippen LogP contribution in [0, 0.1) is 12.7 Å². The number of pyridine rings is 1. The number of alkyl halides is 3. The van der Waals surface area contributed by atoms with Crippen molar-refractivity contribution in [3.05, 3.63) is 71.4 Å². The van der Waals surface area contributed by atoms with E-state index < -0.39 is 48.4 Å². The number of benzene rings is 1. The molecule has 4 aromatic rings. The average Bonchev–Trinajstić information content (AvgIpc) is 3.29. The maximum absolute atomic E-state index is 14.4. The Morgan fingerprint density at radius 2 is 1.88 bits per heavy atom. The number of esters is 1. The van der Waals surface area contributed by atoms with Gasteiger partial charge in [-0.25, -0.2) is 13.9 Å². The minimum Gasteiger partial charge on any atom is -0.456 e. The number of carbonyl (C=O) groups excluding carboxylic acids is 3. The van der Waals surface area contributed by atoms with Gasteiger partial charge in [0.05, 0.1) is 29.2 Å². The Balaban J connectivity index is 1.53. The number of rotatable bonds is 8. The molecule has 11 nitrogen and oxygen atoms in total. The highest BCUT2D eigenvalue weighted by atomic mass is 19.4. The summed E-state index contributed by atoms with van der Waals surface area (Å²) in [7, 11) is 0. The Bertz CT molecular complexity index is 1640. The van der Waals surface area contributed by atoms with Gasteiger partial charge < -0.3 is 20.1 Å². The van der Waals surface area contributed by atoms with Gasteiger partial charge in [-0.1, -0.05) is 0 Å². The van der Waals surface area contributed by atoms with Gasteiger partial charge in [0, 0.05) is 24.2 Å². The summed E-state index contributed by atoms with van der Waals surface area (Å²) >= 11 is 0. The monoisotopic (exact) mass is 574 g/mol. The summed E-state index contributed by atoms with van der Waals surface area (Å²) in [6.45, 7) is 3.70. The average molecular weight is 574 g/mol. The number of ether oxygens (including phenoxy) is 2. The van der Waals surface area contributed by atoms with Crippen LogP contribution in [0.2, 0.25) is 0 Å². The molecule has 0 bridgehead atoms. The largest absolute Gasteiger partial charge is 0.573 e. The second-order valence-electron chi connectivity index (χ2n) is 8.76. The zero-order valence-corrected chi connectivity index (χ0v) is 21.7. The molecule has 0 aliphatic heterocycles. The summed E-state index contributed by atoms with van der Waals surface area (Å²) < 4.78 is 62.0. The number of amides is 2. The summed E-state index contributed by atoms with van der Waals surface area (Å²) in [5, 5.41) is 9.48. The quantitative estimate of drug-likeness (QED) is 0.237. The van der Waals surface area contributed by atoms with Crippen LogP contribution in [0.15, 0.2) is 48.8 Å². The molecule has 15 heteroatoms. The van der Waals surface area contributed by atoms with E-state index in [0.717, 1.165) is 18.2 Å². The van der Waals surface area contributed by atoms with Crippen molar-refractivity contribution in [3.63, 3.8) is 0 Å². The van der Waals surface area contributed by atoms with Crippen LogP contribution < -0.4 is 15.4 Å². The topological polar surface area (TPSA) is 137 Å². The van der Waals surface area contributed by atoms with Gasteiger partial charge in [0.2, 0.25) is 0 Å². The lowest BCUT2D eigenvalue weighted by Gasteiger charge is -2.18. The molecule has 2 amide bonds. The first-order valence-corrected chi connectivity index (χ1v) is 11.9. The van der Waals surface area contributed by atoms with Crippen LogP contribution in [0.4, 0.5) is 23.4 Å². The second kappa shape index (κ2) is 11.6. The number of anilines is 1. The molecule has 214 valence electrons. The fourth-order valence-corrected chi connectivity index (χ4v) is 3.75. The van der Waals surface area contributed by atoms with Crippen LogP contribution in [-0.2, 0) is 14.3 Å². The minimum atomic E-state index is -4.96. The van der Waals surface area contributed by atoms with E-state index in [9.17, 15) is 31.9 Å². The summed E-state index contributed by atoms with van der Waals surface area (Å²) in [5.41, 5.74) is 1.49. The molecule has 0 unspecified atom stereocenters. The van der Waals surface area contributed by atoms with E-state index in [1.807, 2.05) is 0 Å². The first kappa shape index (κ1) is 28.9. The molecule has 3 heterocycles. The van der Waals surface area contributed by atoms with Crippen LogP contribution in [0.1, 0.15) is 41.5 Å². The van der Waals surface area contributed by atoms with Crippen LogP contribution in [0.25, 0.3) is 16.9 Å². The van der Waals surface area contributed by atoms with Crippen LogP contribution in [-0.4, -0.2) is 50.3 Å². The highest BCUT2D eigenvalue weighted by molar-refractivity contribution is 5.96. The molecule has 0 radical (unpaired) electrons. The molecule has 1 aromatic carbocycles. The number of hydrogen-bond donors (Lipinski definition) is 2. The van der Waals surface area contributed by atoms with Gasteiger partial charge in [-0.05, 0) is 50.2 Å². The van der Waals surface area contributed by atoms with Crippen molar-refractivity contribution in [2.75, 3.05) is 11.9 Å². The van der Waals surface area contributed by atoms with Crippen molar-refractivity contribution in [2.45, 2.75) is 33.2 Å². The van der Waals surface area contributed by atoms with Crippen molar-refractivity contribution in [1.82, 2.24) is 24.9 Å². The molecule has 4 rings (SSSR count). The first-order valence-electron chi connectivity index (χ1n) is 11.9. The fraction of sp³-hybridized carbons (Fsp3) is 0.231. The number of aromatic nitrogens is 4. The van der Waals surface area contributed by atoms with Gasteiger partial charge in [-0.3, -0.25) is 19.4 Å². The Hall–Kier alpha value is -5.08. The predicted octanol–water partition coefficient (Wildman–Crippen LogP) is 4.13. The Kier molecular flexibility index (Phi) is 8.16. The van der Waals surface area contributed by atoms with Gasteiger partial charge in [-0.15, -0.1) is 13.2 Å². The van der Waals surface area contributed by atoms with Crippen molar-refractivity contribution in [3.8, 4) is 17.0 Å². The van der Waals surface area contributed by atoms with E-state index in [1.165, 1.54) is 36.8 Å². The number of nitrogens with zero attached hydrogens (tertiary/aromatic N) is 4. The normalized spacial score (nSPS) is 12.1. The molecular weight excluding hydrogens is 552 g/mol. The number of aryl methyl sites for hydroxylation is 1. The van der Waals surface area contributed by atoms with Gasteiger partial charge in [0.15, 0.2) is 18.1 Å². The molecule has 2 N–H and O–H groups in total. The van der Waals surface area contributed by atoms with E-state index >= 15 is 0 Å². The van der Waals surface area contributed by atoms with E-state index in [-0.39, 0.29) is 16.9 Å². The van der Waals surface area contributed by atoms with Crippen LogP contribution in [0.3, 0.4) is 0 Å². The lowest BCUT2D eigenvalue weighted by molar-refractivity contribution is -0.274. The van der Waals surface area contributed by atoms with Gasteiger partial charge in [0.1, 0.15) is 11.6 Å². The number of nitrogens with one attached hydrogen (secondary N) is 2. The third-order valence-electron chi connectivity index (χ3n) is 5.64. The molecule has 0 fully saturated rings. The molecule has 41 heavy (non-hydrogen) atoms. The second-order valence-corrected chi connectivity index (χ2v) is 8.76. The molecule has 0 aliphatic rings. The number of hydrogen-bond acceptors (Lipinski definition) is 8. The number of fused-ring (bicyclic) bond motifs is 1. The summed E-state index contributed by atoms with van der Waals surface area (Å²) in [5.74, 6) is -3.12. The summed E-state index contributed by atoms with van der Waals surface area (Å²) in [4.78, 5) is 44.3. The van der Waals surface area contributed by atoms with Gasteiger partial charge in [0.25, 0.3) is 11.8 Å². The van der Waals surface area contributed by atoms with Crippen molar-refractivity contribution < 1.29 is 41.4 Å². The lowest BCUT2D eigenvalue weighted by Crippen LogP contribution is -2.28. The summed E-state index contributed by atoms with van der Waals surface area (Å²) in [6, 6.07) is 6.25. The standard InChI is InChI=1S/C26H22F4N6O5/c1-13-19(25(39)32-14(2)18-9-17(4-5-20(18)27)41-26(28,29)30)8-16(10-31-13)21-6-7-23-33-22(11-36(23)35-21)34-24(38)12-40-15(3)37/h4-11,14H,12H2,1-3H3,(H,32,39)(H,34,38)/t14-/m1/s1. The van der Waals surface area contributed by atoms with E-state index in [1.54, 1.807) is 19.1 Å². The Morgan fingerprint density at radius 3 is 2.59 bits per heavy atom. The molecule has 1 atom stereocenters. The fourth-order valence-electron chi connectivity index (χ4n) is 3.75. The maximum atomic E-state index is 14.4. The van der Waals surface area contributed by atoms with Crippen LogP contribution >= 0.6 is 0 Å². The van der Waals surface area contributed by atoms with Crippen molar-refractivity contribution in [2.24, 2.45) is 0 Å². The number of imidazole rings is 1. The predicted molar refractivity (Wildman–Crippen MR) is 135 cm³/mol. The van der Waals surface area contributed by atoms with E-state index in [0.29, 0.717) is 22.6 Å². The third-order valence-corrected chi connectivity index (χ3v) is 5.64. The zero-order chi connectivity index (χ0) is 29.9. The Labute approximate surface area is 229 Å². The minimum absolute atomic E-state index is 0.128. The molecule has 0 saturated heterocycles. The molecule has 0 aliphatic carbocycles. The molecule has 0 spiro atoms. The number of halogens is 4. The smallest absolute Gasteiger partial charge is 0.456 e. The highest BCUT2D eigenvalue weighted by Gasteiger charge is 2.31. The van der Waals surface area contributed by atoms with Crippen molar-refractivity contribution >= 4 is 29.2 Å². The lowest BCUT2D eigenvalue weighted by atomic mass is 10.0. The summed E-state index contributed by atoms with van der Waals surface area (Å²) in [6.07, 6.45) is -2.04. The van der Waals surface area contributed by atoms with Gasteiger partial charge >= 0.3 is 12.3 Å². The maximum Gasteiger partial charge on any atom is 0.573 e. The molecule has 0 saturated carbocycles. The van der Waals surface area contributed by atoms with Crippen molar-refractivity contribution in [1.29, 1.82) is 0 Å².